The summed E-state index contributed by atoms with van der Waals surface area (Å²) in [4.78, 5) is 13.2. The maximum Gasteiger partial charge on any atom is 0.230 e. The van der Waals surface area contributed by atoms with E-state index in [0.717, 1.165) is 29.2 Å². The second-order valence-corrected chi connectivity index (χ2v) is 9.92. The first kappa shape index (κ1) is 17.1. The van der Waals surface area contributed by atoms with Gasteiger partial charge in [-0.15, -0.1) is 11.8 Å². The standard InChI is InChI=1S/C19H23Cl2NOS/c20-15-1-2-16(21)17(6-15)24-10-18(23)22-11-19-7-12-3-13(8-19)5-14(4-12)9-19/h1-2,6,12-14H,3-5,7-11H2,(H,22,23). The predicted molar refractivity (Wildman–Crippen MR) is 101 cm³/mol. The number of nitrogens with one attached hydrogen (secondary N) is 1. The molecule has 4 aliphatic rings. The van der Waals surface area contributed by atoms with Gasteiger partial charge in [0.25, 0.3) is 0 Å². The molecule has 5 rings (SSSR count). The molecule has 4 bridgehead atoms. The van der Waals surface area contributed by atoms with Crippen molar-refractivity contribution in [2.75, 3.05) is 12.3 Å². The lowest BCUT2D eigenvalue weighted by Gasteiger charge is -2.56. The topological polar surface area (TPSA) is 29.1 Å². The third-order valence-electron chi connectivity index (χ3n) is 6.08. The van der Waals surface area contributed by atoms with Crippen LogP contribution < -0.4 is 5.32 Å². The van der Waals surface area contributed by atoms with E-state index in [0.29, 0.717) is 21.2 Å². The molecule has 0 aliphatic heterocycles. The molecule has 1 amide bonds. The smallest absolute Gasteiger partial charge is 0.230 e. The van der Waals surface area contributed by atoms with Crippen molar-refractivity contribution in [1.82, 2.24) is 5.32 Å². The van der Waals surface area contributed by atoms with E-state index in [1.165, 1.54) is 50.3 Å². The van der Waals surface area contributed by atoms with Crippen LogP contribution in [0.2, 0.25) is 10.0 Å². The van der Waals surface area contributed by atoms with E-state index in [9.17, 15) is 4.79 Å². The van der Waals surface area contributed by atoms with Crippen molar-refractivity contribution < 1.29 is 4.79 Å². The summed E-state index contributed by atoms with van der Waals surface area (Å²) in [5, 5.41) is 4.51. The van der Waals surface area contributed by atoms with Gasteiger partial charge < -0.3 is 5.32 Å². The first-order valence-corrected chi connectivity index (χ1v) is 10.6. The average Bonchev–Trinajstić information content (AvgIpc) is 2.52. The van der Waals surface area contributed by atoms with Gasteiger partial charge in [0.05, 0.1) is 10.8 Å². The van der Waals surface area contributed by atoms with Crippen molar-refractivity contribution in [2.45, 2.75) is 43.4 Å². The zero-order valence-electron chi connectivity index (χ0n) is 13.7. The molecule has 4 aliphatic carbocycles. The van der Waals surface area contributed by atoms with Gasteiger partial charge in [-0.2, -0.15) is 0 Å². The highest BCUT2D eigenvalue weighted by Gasteiger charge is 2.50. The minimum atomic E-state index is 0.104. The van der Waals surface area contributed by atoms with Crippen molar-refractivity contribution in [3.05, 3.63) is 28.2 Å². The highest BCUT2D eigenvalue weighted by Crippen LogP contribution is 2.59. The zero-order valence-corrected chi connectivity index (χ0v) is 16.0. The molecule has 5 heteroatoms. The number of rotatable bonds is 5. The fourth-order valence-corrected chi connectivity index (χ4v) is 6.90. The third kappa shape index (κ3) is 3.59. The highest BCUT2D eigenvalue weighted by molar-refractivity contribution is 8.00. The molecule has 24 heavy (non-hydrogen) atoms. The minimum Gasteiger partial charge on any atom is -0.355 e. The lowest BCUT2D eigenvalue weighted by Crippen LogP contribution is -2.51. The number of carbonyl (C=O) groups excluding carboxylic acids is 1. The van der Waals surface area contributed by atoms with E-state index in [2.05, 4.69) is 5.32 Å². The Bertz CT molecular complexity index is 613. The van der Waals surface area contributed by atoms with Gasteiger partial charge in [-0.3, -0.25) is 4.79 Å². The monoisotopic (exact) mass is 383 g/mol. The molecule has 0 aromatic heterocycles. The van der Waals surface area contributed by atoms with Gasteiger partial charge in [-0.25, -0.2) is 0 Å². The number of thioether (sulfide) groups is 1. The van der Waals surface area contributed by atoms with Gasteiger partial charge in [-0.05, 0) is 79.9 Å². The number of benzene rings is 1. The molecular formula is C19H23Cl2NOS. The maximum absolute atomic E-state index is 12.3. The Kier molecular flexibility index (Phi) is 4.79. The van der Waals surface area contributed by atoms with Gasteiger partial charge in [0, 0.05) is 16.5 Å². The van der Waals surface area contributed by atoms with E-state index >= 15 is 0 Å². The Labute approximate surface area is 158 Å². The molecule has 1 aromatic rings. The molecule has 4 fully saturated rings. The van der Waals surface area contributed by atoms with Crippen LogP contribution in [-0.4, -0.2) is 18.2 Å². The molecule has 4 saturated carbocycles. The fraction of sp³-hybridized carbons (Fsp3) is 0.632. The molecule has 0 unspecified atom stereocenters. The summed E-state index contributed by atoms with van der Waals surface area (Å²) < 4.78 is 0. The number of halogens is 2. The molecule has 0 spiro atoms. The average molecular weight is 384 g/mol. The summed E-state index contributed by atoms with van der Waals surface area (Å²) in [7, 11) is 0. The summed E-state index contributed by atoms with van der Waals surface area (Å²) in [5.74, 6) is 3.27. The Morgan fingerprint density at radius 1 is 1.12 bits per heavy atom. The van der Waals surface area contributed by atoms with Crippen molar-refractivity contribution >= 4 is 40.9 Å². The molecular weight excluding hydrogens is 361 g/mol. The van der Waals surface area contributed by atoms with Crippen molar-refractivity contribution in [3.63, 3.8) is 0 Å². The van der Waals surface area contributed by atoms with Crippen molar-refractivity contribution in [2.24, 2.45) is 23.2 Å². The van der Waals surface area contributed by atoms with Crippen LogP contribution in [0.4, 0.5) is 0 Å². The van der Waals surface area contributed by atoms with Crippen LogP contribution in [-0.2, 0) is 4.79 Å². The number of hydrogen-bond donors (Lipinski definition) is 1. The molecule has 0 atom stereocenters. The lowest BCUT2D eigenvalue weighted by molar-refractivity contribution is -0.120. The Hall–Kier alpha value is -0.380. The van der Waals surface area contributed by atoms with E-state index in [1.807, 2.05) is 6.07 Å². The fourth-order valence-electron chi connectivity index (χ4n) is 5.57. The number of amides is 1. The maximum atomic E-state index is 12.3. The van der Waals surface area contributed by atoms with Crippen LogP contribution in [0.1, 0.15) is 38.5 Å². The second-order valence-electron chi connectivity index (χ2n) is 8.06. The van der Waals surface area contributed by atoms with E-state index < -0.39 is 0 Å². The molecule has 0 radical (unpaired) electrons. The Balaban J connectivity index is 1.30. The first-order chi connectivity index (χ1) is 11.5. The van der Waals surface area contributed by atoms with Gasteiger partial charge in [0.15, 0.2) is 0 Å². The van der Waals surface area contributed by atoms with Gasteiger partial charge in [0.1, 0.15) is 0 Å². The molecule has 0 heterocycles. The summed E-state index contributed by atoms with van der Waals surface area (Å²) in [6, 6.07) is 5.36. The van der Waals surface area contributed by atoms with Crippen molar-refractivity contribution in [3.8, 4) is 0 Å². The number of hydrogen-bond acceptors (Lipinski definition) is 2. The van der Waals surface area contributed by atoms with Crippen LogP contribution in [0.15, 0.2) is 23.1 Å². The van der Waals surface area contributed by atoms with E-state index in [1.54, 1.807) is 12.1 Å². The first-order valence-electron chi connectivity index (χ1n) is 8.86. The largest absolute Gasteiger partial charge is 0.355 e. The van der Waals surface area contributed by atoms with Crippen molar-refractivity contribution in [1.29, 1.82) is 0 Å². The summed E-state index contributed by atoms with van der Waals surface area (Å²) >= 11 is 13.6. The van der Waals surface area contributed by atoms with E-state index in [4.69, 9.17) is 23.2 Å². The van der Waals surface area contributed by atoms with E-state index in [-0.39, 0.29) is 5.91 Å². The van der Waals surface area contributed by atoms with Crippen LogP contribution in [0, 0.1) is 23.2 Å². The van der Waals surface area contributed by atoms with Crippen LogP contribution in [0.25, 0.3) is 0 Å². The molecule has 0 saturated heterocycles. The van der Waals surface area contributed by atoms with Gasteiger partial charge in [-0.1, -0.05) is 23.2 Å². The van der Waals surface area contributed by atoms with Crippen LogP contribution in [0.3, 0.4) is 0 Å². The highest BCUT2D eigenvalue weighted by atomic mass is 35.5. The predicted octanol–water partition coefficient (Wildman–Crippen LogP) is 5.42. The third-order valence-corrected chi connectivity index (χ3v) is 7.81. The Morgan fingerprint density at radius 2 is 1.75 bits per heavy atom. The Morgan fingerprint density at radius 3 is 2.38 bits per heavy atom. The summed E-state index contributed by atoms with van der Waals surface area (Å²) in [5.41, 5.74) is 0.392. The van der Waals surface area contributed by atoms with Crippen LogP contribution >= 0.6 is 35.0 Å². The number of carbonyl (C=O) groups is 1. The van der Waals surface area contributed by atoms with Gasteiger partial charge in [0.2, 0.25) is 5.91 Å². The van der Waals surface area contributed by atoms with Gasteiger partial charge >= 0.3 is 0 Å². The van der Waals surface area contributed by atoms with Crippen LogP contribution in [0.5, 0.6) is 0 Å². The zero-order chi connectivity index (χ0) is 16.7. The molecule has 1 N–H and O–H groups in total. The molecule has 2 nitrogen and oxygen atoms in total. The normalized spacial score (nSPS) is 33.7. The summed E-state index contributed by atoms with van der Waals surface area (Å²) in [6.07, 6.45) is 8.30. The molecule has 130 valence electrons. The minimum absolute atomic E-state index is 0.104. The quantitative estimate of drug-likeness (QED) is 0.687. The SMILES string of the molecule is O=C(CSc1cc(Cl)ccc1Cl)NCC12CC3CC(CC(C3)C1)C2. The second kappa shape index (κ2) is 6.74. The summed E-state index contributed by atoms with van der Waals surface area (Å²) in [6.45, 7) is 0.860. The lowest BCUT2D eigenvalue weighted by atomic mass is 9.49. The molecule has 1 aromatic carbocycles.